The average molecular weight is 390 g/mol. The van der Waals surface area contributed by atoms with Gasteiger partial charge in [-0.2, -0.15) is 0 Å². The summed E-state index contributed by atoms with van der Waals surface area (Å²) in [5, 5.41) is 0. The summed E-state index contributed by atoms with van der Waals surface area (Å²) in [6, 6.07) is 20.4. The highest BCUT2D eigenvalue weighted by atomic mass is 16.6. The predicted molar refractivity (Wildman–Crippen MR) is 106 cm³/mol. The number of esters is 2. The topological polar surface area (TPSA) is 61.8 Å². The van der Waals surface area contributed by atoms with Gasteiger partial charge >= 0.3 is 11.9 Å². The molecule has 5 heteroatoms. The van der Waals surface area contributed by atoms with Crippen molar-refractivity contribution in [2.75, 3.05) is 14.2 Å². The second-order valence-electron chi connectivity index (χ2n) is 7.77. The van der Waals surface area contributed by atoms with Gasteiger partial charge in [-0.15, -0.1) is 0 Å². The summed E-state index contributed by atoms with van der Waals surface area (Å²) in [6.45, 7) is 0. The maximum absolute atomic E-state index is 12.6. The Labute approximate surface area is 169 Å². The van der Waals surface area contributed by atoms with E-state index in [2.05, 4.69) is 24.3 Å². The molecular formula is C24H22O5. The Morgan fingerprint density at radius 3 is 1.41 bits per heavy atom. The number of carbonyl (C=O) groups is 2. The molecule has 2 aromatic carbocycles. The Morgan fingerprint density at radius 1 is 0.690 bits per heavy atom. The van der Waals surface area contributed by atoms with Crippen LogP contribution in [0.1, 0.15) is 11.1 Å². The summed E-state index contributed by atoms with van der Waals surface area (Å²) < 4.78 is 16.3. The van der Waals surface area contributed by atoms with Crippen LogP contribution in [0.25, 0.3) is 11.1 Å². The zero-order valence-corrected chi connectivity index (χ0v) is 16.3. The number of hydrogen-bond donors (Lipinski definition) is 0. The fraction of sp³-hybridized carbons (Fsp3) is 0.333. The van der Waals surface area contributed by atoms with Crippen molar-refractivity contribution in [1.82, 2.24) is 0 Å². The molecule has 0 radical (unpaired) electrons. The number of methoxy groups -OCH3 is 2. The molecular weight excluding hydrogens is 368 g/mol. The fourth-order valence-corrected chi connectivity index (χ4v) is 5.50. The van der Waals surface area contributed by atoms with E-state index >= 15 is 0 Å². The Morgan fingerprint density at radius 2 is 1.07 bits per heavy atom. The van der Waals surface area contributed by atoms with Crippen molar-refractivity contribution in [2.45, 2.75) is 12.2 Å². The summed E-state index contributed by atoms with van der Waals surface area (Å²) in [6.07, 6.45) is -0.770. The van der Waals surface area contributed by atoms with Crippen LogP contribution in [0.3, 0.4) is 0 Å². The van der Waals surface area contributed by atoms with Gasteiger partial charge in [-0.25, -0.2) is 0 Å². The van der Waals surface area contributed by atoms with Gasteiger partial charge in [0, 0.05) is 11.8 Å². The molecule has 6 atom stereocenters. The normalized spacial score (nSPS) is 31.8. The standard InChI is InChI=1S/C24H22O5/c1-27-23(25)19-20(24(26)28-2)22-18-16(14-11-7-4-8-12-14)15(17(18)21(19)29-22)13-9-5-3-6-10-13/h3-12,17-22H,1-2H3/t17-,18+,19+,20-,21-,22+. The van der Waals surface area contributed by atoms with E-state index < -0.39 is 23.8 Å². The third-order valence-electron chi connectivity index (χ3n) is 6.58. The maximum atomic E-state index is 12.6. The van der Waals surface area contributed by atoms with Gasteiger partial charge in [-0.05, 0) is 22.3 Å². The van der Waals surface area contributed by atoms with Crippen LogP contribution < -0.4 is 0 Å². The molecule has 3 aliphatic rings. The van der Waals surface area contributed by atoms with E-state index in [9.17, 15) is 9.59 Å². The lowest BCUT2D eigenvalue weighted by molar-refractivity contribution is -0.159. The number of rotatable bonds is 4. The lowest BCUT2D eigenvalue weighted by Crippen LogP contribution is -2.51. The highest BCUT2D eigenvalue weighted by Crippen LogP contribution is 2.66. The molecule has 0 aromatic heterocycles. The molecule has 1 aliphatic carbocycles. The van der Waals surface area contributed by atoms with Gasteiger partial charge in [0.1, 0.15) is 0 Å². The Balaban J connectivity index is 1.65. The van der Waals surface area contributed by atoms with Crippen LogP contribution in [0.4, 0.5) is 0 Å². The summed E-state index contributed by atoms with van der Waals surface area (Å²) >= 11 is 0. The largest absolute Gasteiger partial charge is 0.469 e. The van der Waals surface area contributed by atoms with Crippen LogP contribution >= 0.6 is 0 Å². The van der Waals surface area contributed by atoms with Crippen molar-refractivity contribution in [1.29, 1.82) is 0 Å². The van der Waals surface area contributed by atoms with Crippen molar-refractivity contribution < 1.29 is 23.8 Å². The van der Waals surface area contributed by atoms with Gasteiger partial charge in [0.15, 0.2) is 0 Å². The van der Waals surface area contributed by atoms with E-state index in [-0.39, 0.29) is 24.0 Å². The van der Waals surface area contributed by atoms with E-state index in [0.29, 0.717) is 0 Å². The molecule has 2 heterocycles. The molecule has 2 saturated heterocycles. The Bertz CT molecular complexity index is 901. The number of hydrogen-bond acceptors (Lipinski definition) is 5. The Kier molecular flexibility index (Phi) is 4.28. The summed E-state index contributed by atoms with van der Waals surface area (Å²) in [7, 11) is 2.70. The zero-order valence-electron chi connectivity index (χ0n) is 16.3. The van der Waals surface area contributed by atoms with Crippen LogP contribution in [-0.2, 0) is 23.8 Å². The first kappa shape index (κ1) is 18.1. The van der Waals surface area contributed by atoms with Crippen molar-refractivity contribution in [2.24, 2.45) is 23.7 Å². The summed E-state index contributed by atoms with van der Waals surface area (Å²) in [5.74, 6) is -1.99. The highest BCUT2D eigenvalue weighted by Gasteiger charge is 2.69. The first-order chi connectivity index (χ1) is 14.2. The number of benzene rings is 2. The van der Waals surface area contributed by atoms with Crippen LogP contribution in [0.5, 0.6) is 0 Å². The highest BCUT2D eigenvalue weighted by molar-refractivity contribution is 6.02. The SMILES string of the molecule is COC(=O)[C@@H]1[C@@H]2O[C@@H]([C@H]3C(c4ccccc4)=C(c4ccccc4)[C@@H]23)[C@@H]1C(=O)OC. The molecule has 0 amide bonds. The lowest BCUT2D eigenvalue weighted by Gasteiger charge is -2.46. The molecule has 2 aromatic rings. The van der Waals surface area contributed by atoms with E-state index in [1.165, 1.54) is 25.4 Å². The maximum Gasteiger partial charge on any atom is 0.312 e. The molecule has 0 unspecified atom stereocenters. The van der Waals surface area contributed by atoms with E-state index in [1.807, 2.05) is 36.4 Å². The van der Waals surface area contributed by atoms with Crippen LogP contribution in [0.15, 0.2) is 60.7 Å². The molecule has 0 saturated carbocycles. The molecule has 2 aliphatic heterocycles. The molecule has 29 heavy (non-hydrogen) atoms. The van der Waals surface area contributed by atoms with Gasteiger partial charge in [0.2, 0.25) is 0 Å². The minimum Gasteiger partial charge on any atom is -0.469 e. The monoisotopic (exact) mass is 390 g/mol. The first-order valence-corrected chi connectivity index (χ1v) is 9.83. The van der Waals surface area contributed by atoms with Crippen molar-refractivity contribution in [3.63, 3.8) is 0 Å². The zero-order chi connectivity index (χ0) is 20.1. The van der Waals surface area contributed by atoms with Crippen molar-refractivity contribution >= 4 is 23.1 Å². The van der Waals surface area contributed by atoms with Gasteiger partial charge in [0.25, 0.3) is 0 Å². The van der Waals surface area contributed by atoms with Crippen LogP contribution in [0, 0.1) is 23.7 Å². The molecule has 5 nitrogen and oxygen atoms in total. The van der Waals surface area contributed by atoms with Gasteiger partial charge in [0.05, 0.1) is 38.3 Å². The van der Waals surface area contributed by atoms with Gasteiger partial charge in [-0.1, -0.05) is 60.7 Å². The smallest absolute Gasteiger partial charge is 0.312 e. The third-order valence-corrected chi connectivity index (χ3v) is 6.58. The molecule has 5 rings (SSSR count). The number of carbonyl (C=O) groups excluding carboxylic acids is 2. The minimum absolute atomic E-state index is 0.0580. The molecule has 2 fully saturated rings. The first-order valence-electron chi connectivity index (χ1n) is 9.83. The quantitative estimate of drug-likeness (QED) is 0.751. The molecule has 0 N–H and O–H groups in total. The molecule has 148 valence electrons. The van der Waals surface area contributed by atoms with Crippen LogP contribution in [-0.4, -0.2) is 38.4 Å². The summed E-state index contributed by atoms with van der Waals surface area (Å²) in [4.78, 5) is 25.2. The van der Waals surface area contributed by atoms with E-state index in [0.717, 1.165) is 11.1 Å². The van der Waals surface area contributed by atoms with Crippen molar-refractivity contribution in [3.8, 4) is 0 Å². The van der Waals surface area contributed by atoms with E-state index in [4.69, 9.17) is 14.2 Å². The second kappa shape index (κ2) is 6.85. The molecule has 0 spiro atoms. The van der Waals surface area contributed by atoms with Gasteiger partial charge in [-0.3, -0.25) is 9.59 Å². The summed E-state index contributed by atoms with van der Waals surface area (Å²) in [5.41, 5.74) is 4.65. The predicted octanol–water partition coefficient (Wildman–Crippen LogP) is 3.20. The fourth-order valence-electron chi connectivity index (χ4n) is 5.50. The average Bonchev–Trinajstić information content (AvgIpc) is 3.26. The van der Waals surface area contributed by atoms with Crippen molar-refractivity contribution in [3.05, 3.63) is 71.8 Å². The second-order valence-corrected chi connectivity index (χ2v) is 7.77. The Hall–Kier alpha value is -2.92. The van der Waals surface area contributed by atoms with E-state index in [1.54, 1.807) is 0 Å². The molecule has 2 bridgehead atoms. The van der Waals surface area contributed by atoms with Crippen LogP contribution in [0.2, 0.25) is 0 Å². The number of fused-ring (bicyclic) bond motifs is 5. The minimum atomic E-state index is -0.644. The van der Waals surface area contributed by atoms with Gasteiger partial charge < -0.3 is 14.2 Å². The lowest BCUT2D eigenvalue weighted by atomic mass is 9.54. The number of ether oxygens (including phenoxy) is 3. The third kappa shape index (κ3) is 2.50.